The standard InChI is InChI=1S/C16H13Cl2N5/c17-12-2-1-3-13(16(12)18)23-15-8-14(21-10-22-15)20-9-11-4-6-19-7-5-11/h1-8,10H,9H2,(H2,20,21,22,23). The summed E-state index contributed by atoms with van der Waals surface area (Å²) in [5.74, 6) is 1.33. The fraction of sp³-hybridized carbons (Fsp3) is 0.0625. The quantitative estimate of drug-likeness (QED) is 0.710. The van der Waals surface area contributed by atoms with E-state index in [1.165, 1.54) is 6.33 Å². The SMILES string of the molecule is Clc1cccc(Nc2cc(NCc3ccncc3)ncn2)c1Cl. The Hall–Kier alpha value is -2.37. The molecule has 0 fully saturated rings. The van der Waals surface area contributed by atoms with Crippen LogP contribution in [0.1, 0.15) is 5.56 Å². The van der Waals surface area contributed by atoms with E-state index in [-0.39, 0.29) is 0 Å². The Bertz CT molecular complexity index is 795. The first-order valence-electron chi connectivity index (χ1n) is 6.88. The summed E-state index contributed by atoms with van der Waals surface area (Å²) in [6.07, 6.45) is 4.99. The van der Waals surface area contributed by atoms with Crippen LogP contribution in [0.5, 0.6) is 0 Å². The van der Waals surface area contributed by atoms with Crippen molar-refractivity contribution in [3.05, 3.63) is 70.7 Å². The molecule has 0 atom stereocenters. The molecule has 7 heteroatoms. The third kappa shape index (κ3) is 4.09. The van der Waals surface area contributed by atoms with Crippen LogP contribution in [0.15, 0.2) is 55.1 Å². The maximum Gasteiger partial charge on any atom is 0.135 e. The van der Waals surface area contributed by atoms with Crippen LogP contribution < -0.4 is 10.6 Å². The van der Waals surface area contributed by atoms with Crippen molar-refractivity contribution < 1.29 is 0 Å². The van der Waals surface area contributed by atoms with Crippen molar-refractivity contribution in [2.45, 2.75) is 6.54 Å². The normalized spacial score (nSPS) is 10.3. The molecule has 23 heavy (non-hydrogen) atoms. The fourth-order valence-corrected chi connectivity index (χ4v) is 2.30. The van der Waals surface area contributed by atoms with E-state index < -0.39 is 0 Å². The molecule has 0 aliphatic heterocycles. The van der Waals surface area contributed by atoms with E-state index in [1.54, 1.807) is 24.5 Å². The van der Waals surface area contributed by atoms with E-state index in [9.17, 15) is 0 Å². The number of rotatable bonds is 5. The molecule has 0 amide bonds. The van der Waals surface area contributed by atoms with Gasteiger partial charge < -0.3 is 10.6 Å². The summed E-state index contributed by atoms with van der Waals surface area (Å²) >= 11 is 12.2. The molecule has 3 rings (SSSR count). The summed E-state index contributed by atoms with van der Waals surface area (Å²) in [4.78, 5) is 12.4. The third-order valence-electron chi connectivity index (χ3n) is 3.10. The van der Waals surface area contributed by atoms with Crippen LogP contribution in [0.4, 0.5) is 17.3 Å². The van der Waals surface area contributed by atoms with Crippen LogP contribution in [-0.2, 0) is 6.54 Å². The lowest BCUT2D eigenvalue weighted by atomic mass is 10.3. The van der Waals surface area contributed by atoms with Gasteiger partial charge in [0.1, 0.15) is 18.0 Å². The molecule has 0 spiro atoms. The summed E-state index contributed by atoms with van der Waals surface area (Å²) in [6, 6.07) is 11.1. The number of halogens is 2. The zero-order chi connectivity index (χ0) is 16.1. The lowest BCUT2D eigenvalue weighted by Crippen LogP contribution is -2.03. The second-order valence-electron chi connectivity index (χ2n) is 4.72. The predicted octanol–water partition coefficient (Wildman–Crippen LogP) is 4.53. The number of nitrogens with zero attached hydrogens (tertiary/aromatic N) is 3. The van der Waals surface area contributed by atoms with Gasteiger partial charge in [0.15, 0.2) is 0 Å². The number of pyridine rings is 1. The average Bonchev–Trinajstić information content (AvgIpc) is 2.59. The minimum Gasteiger partial charge on any atom is -0.366 e. The number of hydrogen-bond acceptors (Lipinski definition) is 5. The van der Waals surface area contributed by atoms with Gasteiger partial charge in [-0.3, -0.25) is 4.98 Å². The van der Waals surface area contributed by atoms with E-state index in [4.69, 9.17) is 23.2 Å². The third-order valence-corrected chi connectivity index (χ3v) is 3.92. The van der Waals surface area contributed by atoms with Gasteiger partial charge >= 0.3 is 0 Å². The van der Waals surface area contributed by atoms with Crippen molar-refractivity contribution in [1.29, 1.82) is 0 Å². The second-order valence-corrected chi connectivity index (χ2v) is 5.51. The van der Waals surface area contributed by atoms with E-state index in [0.29, 0.717) is 33.9 Å². The topological polar surface area (TPSA) is 62.7 Å². The predicted molar refractivity (Wildman–Crippen MR) is 93.3 cm³/mol. The molecule has 0 radical (unpaired) electrons. The van der Waals surface area contributed by atoms with Crippen LogP contribution in [0, 0.1) is 0 Å². The van der Waals surface area contributed by atoms with Crippen molar-refractivity contribution in [1.82, 2.24) is 15.0 Å². The van der Waals surface area contributed by atoms with Gasteiger partial charge in [0.2, 0.25) is 0 Å². The second kappa shape index (κ2) is 7.26. The van der Waals surface area contributed by atoms with Crippen molar-refractivity contribution in [2.75, 3.05) is 10.6 Å². The number of nitrogens with one attached hydrogen (secondary N) is 2. The molecule has 0 unspecified atom stereocenters. The van der Waals surface area contributed by atoms with Crippen molar-refractivity contribution in [3.8, 4) is 0 Å². The van der Waals surface area contributed by atoms with Crippen LogP contribution in [0.3, 0.4) is 0 Å². The number of anilines is 3. The maximum atomic E-state index is 6.16. The zero-order valence-electron chi connectivity index (χ0n) is 12.0. The van der Waals surface area contributed by atoms with E-state index in [2.05, 4.69) is 25.6 Å². The van der Waals surface area contributed by atoms with Gasteiger partial charge in [-0.05, 0) is 29.8 Å². The average molecular weight is 346 g/mol. The summed E-state index contributed by atoms with van der Waals surface area (Å²) in [5.41, 5.74) is 1.81. The van der Waals surface area contributed by atoms with E-state index in [0.717, 1.165) is 5.56 Å². The highest BCUT2D eigenvalue weighted by atomic mass is 35.5. The van der Waals surface area contributed by atoms with Crippen molar-refractivity contribution in [2.24, 2.45) is 0 Å². The first kappa shape index (κ1) is 15.5. The molecular formula is C16H13Cl2N5. The lowest BCUT2D eigenvalue weighted by molar-refractivity contribution is 1.07. The summed E-state index contributed by atoms with van der Waals surface area (Å²) in [5, 5.41) is 7.31. The molecule has 3 aromatic rings. The molecule has 0 saturated heterocycles. The molecule has 1 aromatic carbocycles. The van der Waals surface area contributed by atoms with Crippen LogP contribution in [-0.4, -0.2) is 15.0 Å². The molecule has 116 valence electrons. The van der Waals surface area contributed by atoms with Gasteiger partial charge in [-0.15, -0.1) is 0 Å². The first-order valence-corrected chi connectivity index (χ1v) is 7.64. The fourth-order valence-electron chi connectivity index (χ4n) is 1.95. The Morgan fingerprint density at radius 1 is 0.957 bits per heavy atom. The number of aromatic nitrogens is 3. The van der Waals surface area contributed by atoms with Crippen LogP contribution >= 0.6 is 23.2 Å². The molecule has 2 aromatic heterocycles. The van der Waals surface area contributed by atoms with E-state index >= 15 is 0 Å². The van der Waals surface area contributed by atoms with Crippen molar-refractivity contribution in [3.63, 3.8) is 0 Å². The summed E-state index contributed by atoms with van der Waals surface area (Å²) in [7, 11) is 0. The Kier molecular flexibility index (Phi) is 4.90. The minimum atomic E-state index is 0.457. The molecule has 0 aliphatic rings. The summed E-state index contributed by atoms with van der Waals surface area (Å²) in [6.45, 7) is 0.650. The molecule has 5 nitrogen and oxygen atoms in total. The highest BCUT2D eigenvalue weighted by molar-refractivity contribution is 6.43. The first-order chi connectivity index (χ1) is 11.2. The van der Waals surface area contributed by atoms with E-state index in [1.807, 2.05) is 24.3 Å². The van der Waals surface area contributed by atoms with Crippen molar-refractivity contribution >= 4 is 40.5 Å². The molecular weight excluding hydrogens is 333 g/mol. The monoisotopic (exact) mass is 345 g/mol. The van der Waals surface area contributed by atoms with Gasteiger partial charge in [0.25, 0.3) is 0 Å². The molecule has 0 bridgehead atoms. The Morgan fingerprint density at radius 3 is 2.57 bits per heavy atom. The van der Waals surface area contributed by atoms with Gasteiger partial charge in [0, 0.05) is 25.0 Å². The van der Waals surface area contributed by atoms with Crippen LogP contribution in [0.25, 0.3) is 0 Å². The van der Waals surface area contributed by atoms with Gasteiger partial charge in [-0.25, -0.2) is 9.97 Å². The molecule has 2 heterocycles. The maximum absolute atomic E-state index is 6.16. The highest BCUT2D eigenvalue weighted by Gasteiger charge is 2.06. The molecule has 2 N–H and O–H groups in total. The lowest BCUT2D eigenvalue weighted by Gasteiger charge is -2.10. The molecule has 0 aliphatic carbocycles. The smallest absolute Gasteiger partial charge is 0.135 e. The van der Waals surface area contributed by atoms with Gasteiger partial charge in [-0.1, -0.05) is 29.3 Å². The highest BCUT2D eigenvalue weighted by Crippen LogP contribution is 2.31. The number of benzene rings is 1. The van der Waals surface area contributed by atoms with Crippen LogP contribution in [0.2, 0.25) is 10.0 Å². The zero-order valence-corrected chi connectivity index (χ0v) is 13.5. The Morgan fingerprint density at radius 2 is 1.74 bits per heavy atom. The van der Waals surface area contributed by atoms with Gasteiger partial charge in [-0.2, -0.15) is 0 Å². The van der Waals surface area contributed by atoms with Gasteiger partial charge in [0.05, 0.1) is 15.7 Å². The Balaban J connectivity index is 1.71. The minimum absolute atomic E-state index is 0.457. The Labute approximate surface area is 143 Å². The molecule has 0 saturated carbocycles. The number of hydrogen-bond donors (Lipinski definition) is 2. The largest absolute Gasteiger partial charge is 0.366 e. The summed E-state index contributed by atoms with van der Waals surface area (Å²) < 4.78 is 0.